The van der Waals surface area contributed by atoms with Crippen LogP contribution < -0.4 is 10.1 Å². The highest BCUT2D eigenvalue weighted by molar-refractivity contribution is 5.95. The first-order valence-electron chi connectivity index (χ1n) is 8.31. The van der Waals surface area contributed by atoms with Crippen LogP contribution in [0.5, 0.6) is 5.75 Å². The van der Waals surface area contributed by atoms with Crippen LogP contribution in [-0.2, 0) is 11.4 Å². The van der Waals surface area contributed by atoms with Gasteiger partial charge in [0, 0.05) is 11.0 Å². The molecule has 26 heavy (non-hydrogen) atoms. The van der Waals surface area contributed by atoms with Gasteiger partial charge in [0.25, 0.3) is 5.91 Å². The Morgan fingerprint density at radius 3 is 2.27 bits per heavy atom. The van der Waals surface area contributed by atoms with Crippen LogP contribution in [0.4, 0.5) is 0 Å². The van der Waals surface area contributed by atoms with Gasteiger partial charge in [-0.2, -0.15) is 0 Å². The predicted octanol–water partition coefficient (Wildman–Crippen LogP) is 3.41. The topological polar surface area (TPSA) is 85.6 Å². The summed E-state index contributed by atoms with van der Waals surface area (Å²) in [6.45, 7) is 7.00. The zero-order chi connectivity index (χ0) is 19.3. The Hall–Kier alpha value is -2.89. The van der Waals surface area contributed by atoms with E-state index in [9.17, 15) is 14.4 Å². The van der Waals surface area contributed by atoms with Crippen molar-refractivity contribution in [3.63, 3.8) is 0 Å². The van der Waals surface area contributed by atoms with Gasteiger partial charge < -0.3 is 14.5 Å². The number of rotatable bonds is 7. The number of benzene rings is 1. The number of carbonyl (C=O) groups excluding carboxylic acids is 3. The fraction of sp³-hybridized carbons (Fsp3) is 0.350. The van der Waals surface area contributed by atoms with Gasteiger partial charge in [0.2, 0.25) is 0 Å². The fourth-order valence-corrected chi connectivity index (χ4v) is 2.03. The first-order valence-corrected chi connectivity index (χ1v) is 8.31. The maximum absolute atomic E-state index is 12.0. The first-order chi connectivity index (χ1) is 12.2. The summed E-state index contributed by atoms with van der Waals surface area (Å²) in [5.41, 5.74) is 0.104. The molecule has 1 aromatic carbocycles. The average molecular weight is 357 g/mol. The number of ether oxygens (including phenoxy) is 1. The average Bonchev–Trinajstić information content (AvgIpc) is 3.06. The summed E-state index contributed by atoms with van der Waals surface area (Å²) in [5, 5.41) is 2.55. The second-order valence-corrected chi connectivity index (χ2v) is 6.99. The smallest absolute Gasteiger partial charge is 0.287 e. The van der Waals surface area contributed by atoms with Crippen LogP contribution in [0.15, 0.2) is 40.8 Å². The normalized spacial score (nSPS) is 11.1. The molecule has 1 N–H and O–H groups in total. The van der Waals surface area contributed by atoms with Crippen LogP contribution in [0.1, 0.15) is 54.4 Å². The fourth-order valence-electron chi connectivity index (χ4n) is 2.03. The molecule has 0 atom stereocenters. The van der Waals surface area contributed by atoms with E-state index in [1.54, 1.807) is 51.1 Å². The quantitative estimate of drug-likeness (QED) is 0.768. The van der Waals surface area contributed by atoms with Gasteiger partial charge in [-0.1, -0.05) is 20.8 Å². The van der Waals surface area contributed by atoms with E-state index in [-0.39, 0.29) is 30.5 Å². The van der Waals surface area contributed by atoms with Gasteiger partial charge in [-0.05, 0) is 43.3 Å². The third kappa shape index (κ3) is 5.31. The zero-order valence-corrected chi connectivity index (χ0v) is 15.4. The van der Waals surface area contributed by atoms with E-state index >= 15 is 0 Å². The lowest BCUT2D eigenvalue weighted by Gasteiger charge is -2.16. The minimum Gasteiger partial charge on any atom is -0.486 e. The molecule has 0 fully saturated rings. The second kappa shape index (κ2) is 7.99. The number of Topliss-reactive ketones (excluding diaryl/α,β-unsaturated/α-hetero) is 2. The number of hydrogen-bond acceptors (Lipinski definition) is 5. The summed E-state index contributed by atoms with van der Waals surface area (Å²) in [4.78, 5) is 35.1. The molecule has 0 radical (unpaired) electrons. The molecule has 0 saturated carbocycles. The Balaban J connectivity index is 1.88. The van der Waals surface area contributed by atoms with Crippen molar-refractivity contribution in [2.75, 3.05) is 6.54 Å². The van der Waals surface area contributed by atoms with Crippen molar-refractivity contribution < 1.29 is 23.5 Å². The van der Waals surface area contributed by atoms with Crippen molar-refractivity contribution in [1.82, 2.24) is 5.32 Å². The number of amides is 1. The SMILES string of the molecule is CC(=O)c1ccc(OCc2ccc(C(=O)NCC(=O)C(C)(C)C)o2)cc1. The van der Waals surface area contributed by atoms with E-state index in [2.05, 4.69) is 5.32 Å². The van der Waals surface area contributed by atoms with E-state index in [0.29, 0.717) is 17.1 Å². The summed E-state index contributed by atoms with van der Waals surface area (Å²) in [5.74, 6) is 0.677. The summed E-state index contributed by atoms with van der Waals surface area (Å²) in [6, 6.07) is 9.95. The van der Waals surface area contributed by atoms with Crippen LogP contribution in [0.25, 0.3) is 0 Å². The minimum absolute atomic E-state index is 0.0109. The minimum atomic E-state index is -0.507. The lowest BCUT2D eigenvalue weighted by molar-refractivity contribution is -0.125. The maximum Gasteiger partial charge on any atom is 0.287 e. The molecule has 2 aromatic rings. The highest BCUT2D eigenvalue weighted by Crippen LogP contribution is 2.16. The Bertz CT molecular complexity index is 796. The molecule has 0 aliphatic heterocycles. The molecule has 0 bridgehead atoms. The number of hydrogen-bond donors (Lipinski definition) is 1. The van der Waals surface area contributed by atoms with Crippen LogP contribution in [0, 0.1) is 5.41 Å². The molecule has 6 heteroatoms. The monoisotopic (exact) mass is 357 g/mol. The standard InChI is InChI=1S/C20H23NO5/c1-13(22)14-5-7-15(8-6-14)25-12-16-9-10-17(26-16)19(24)21-11-18(23)20(2,3)4/h5-10H,11-12H2,1-4H3,(H,21,24). The van der Waals surface area contributed by atoms with Gasteiger partial charge in [-0.3, -0.25) is 14.4 Å². The van der Waals surface area contributed by atoms with Gasteiger partial charge >= 0.3 is 0 Å². The third-order valence-electron chi connectivity index (χ3n) is 3.77. The van der Waals surface area contributed by atoms with Gasteiger partial charge in [-0.25, -0.2) is 0 Å². The van der Waals surface area contributed by atoms with Gasteiger partial charge in [0.05, 0.1) is 6.54 Å². The molecule has 138 valence electrons. The number of ketones is 2. The van der Waals surface area contributed by atoms with Gasteiger partial charge in [-0.15, -0.1) is 0 Å². The summed E-state index contributed by atoms with van der Waals surface area (Å²) in [6.07, 6.45) is 0. The molecular weight excluding hydrogens is 334 g/mol. The molecule has 1 aromatic heterocycles. The molecule has 0 unspecified atom stereocenters. The predicted molar refractivity (Wildman–Crippen MR) is 96.3 cm³/mol. The van der Waals surface area contributed by atoms with Crippen molar-refractivity contribution in [2.45, 2.75) is 34.3 Å². The Morgan fingerprint density at radius 1 is 1.04 bits per heavy atom. The first kappa shape index (κ1) is 19.4. The number of carbonyl (C=O) groups is 3. The van der Waals surface area contributed by atoms with Crippen molar-refractivity contribution in [3.05, 3.63) is 53.5 Å². The Labute approximate surface area is 152 Å². The summed E-state index contributed by atoms with van der Waals surface area (Å²) in [7, 11) is 0. The van der Waals surface area contributed by atoms with E-state index in [1.807, 2.05) is 0 Å². The summed E-state index contributed by atoms with van der Waals surface area (Å²) < 4.78 is 11.0. The van der Waals surface area contributed by atoms with E-state index in [1.165, 1.54) is 13.0 Å². The van der Waals surface area contributed by atoms with E-state index < -0.39 is 11.3 Å². The maximum atomic E-state index is 12.0. The molecule has 1 amide bonds. The molecule has 0 aliphatic rings. The van der Waals surface area contributed by atoms with Crippen LogP contribution in [-0.4, -0.2) is 24.0 Å². The van der Waals surface area contributed by atoms with Crippen molar-refractivity contribution in [1.29, 1.82) is 0 Å². The lowest BCUT2D eigenvalue weighted by Crippen LogP contribution is -2.35. The number of furan rings is 1. The highest BCUT2D eigenvalue weighted by Gasteiger charge is 2.22. The Morgan fingerprint density at radius 2 is 1.69 bits per heavy atom. The second-order valence-electron chi connectivity index (χ2n) is 6.99. The molecule has 0 spiro atoms. The van der Waals surface area contributed by atoms with E-state index in [4.69, 9.17) is 9.15 Å². The highest BCUT2D eigenvalue weighted by atomic mass is 16.5. The number of nitrogens with one attached hydrogen (secondary N) is 1. The van der Waals surface area contributed by atoms with Crippen LogP contribution in [0.3, 0.4) is 0 Å². The largest absolute Gasteiger partial charge is 0.486 e. The van der Waals surface area contributed by atoms with Crippen molar-refractivity contribution in [3.8, 4) is 5.75 Å². The third-order valence-corrected chi connectivity index (χ3v) is 3.77. The van der Waals surface area contributed by atoms with Gasteiger partial charge in [0.15, 0.2) is 17.3 Å². The molecule has 6 nitrogen and oxygen atoms in total. The molecule has 1 heterocycles. The van der Waals surface area contributed by atoms with Crippen LogP contribution >= 0.6 is 0 Å². The van der Waals surface area contributed by atoms with Crippen molar-refractivity contribution in [2.24, 2.45) is 5.41 Å². The molecule has 0 aliphatic carbocycles. The van der Waals surface area contributed by atoms with E-state index in [0.717, 1.165) is 0 Å². The van der Waals surface area contributed by atoms with Crippen molar-refractivity contribution >= 4 is 17.5 Å². The summed E-state index contributed by atoms with van der Waals surface area (Å²) >= 11 is 0. The molecule has 0 saturated heterocycles. The zero-order valence-electron chi connectivity index (χ0n) is 15.4. The Kier molecular flexibility index (Phi) is 5.97. The van der Waals surface area contributed by atoms with Crippen LogP contribution in [0.2, 0.25) is 0 Å². The molecular formula is C20H23NO5. The molecule has 2 rings (SSSR count). The van der Waals surface area contributed by atoms with Gasteiger partial charge in [0.1, 0.15) is 18.1 Å². The lowest BCUT2D eigenvalue weighted by atomic mass is 9.91.